The van der Waals surface area contributed by atoms with E-state index in [1.807, 2.05) is 31.2 Å². The average Bonchev–Trinajstić information content (AvgIpc) is 2.68. The van der Waals surface area contributed by atoms with E-state index in [0.717, 1.165) is 5.56 Å². The molecule has 0 atom stereocenters. The molecular formula is C12H12N2O3. The summed E-state index contributed by atoms with van der Waals surface area (Å²) in [5, 5.41) is 12.5. The maximum absolute atomic E-state index is 10.5. The molecule has 1 aromatic heterocycles. The Bertz CT molecular complexity index is 517. The van der Waals surface area contributed by atoms with Crippen molar-refractivity contribution in [2.24, 2.45) is 0 Å². The first-order valence-corrected chi connectivity index (χ1v) is 5.12. The van der Waals surface area contributed by atoms with Gasteiger partial charge in [-0.3, -0.25) is 9.48 Å². The Labute approximate surface area is 98.3 Å². The Balaban J connectivity index is 2.06. The van der Waals surface area contributed by atoms with Crippen molar-refractivity contribution >= 4 is 5.97 Å². The topological polar surface area (TPSA) is 64.4 Å². The third-order valence-electron chi connectivity index (χ3n) is 2.16. The molecule has 0 radical (unpaired) electrons. The van der Waals surface area contributed by atoms with Crippen molar-refractivity contribution in [2.75, 3.05) is 0 Å². The molecule has 1 heterocycles. The van der Waals surface area contributed by atoms with Crippen LogP contribution in [0.3, 0.4) is 0 Å². The largest absolute Gasteiger partial charge is 0.480 e. The Morgan fingerprint density at radius 1 is 1.35 bits per heavy atom. The van der Waals surface area contributed by atoms with Crippen molar-refractivity contribution in [1.82, 2.24) is 9.78 Å². The van der Waals surface area contributed by atoms with E-state index in [-0.39, 0.29) is 6.54 Å². The van der Waals surface area contributed by atoms with Gasteiger partial charge in [-0.25, -0.2) is 0 Å². The van der Waals surface area contributed by atoms with Crippen LogP contribution in [0.1, 0.15) is 5.56 Å². The van der Waals surface area contributed by atoms with E-state index in [2.05, 4.69) is 5.10 Å². The number of rotatable bonds is 4. The third-order valence-corrected chi connectivity index (χ3v) is 2.16. The van der Waals surface area contributed by atoms with Crippen LogP contribution in [0.5, 0.6) is 11.5 Å². The summed E-state index contributed by atoms with van der Waals surface area (Å²) in [6.45, 7) is 1.83. The summed E-state index contributed by atoms with van der Waals surface area (Å²) in [5.41, 5.74) is 1.15. The number of aryl methyl sites for hydroxylation is 1. The van der Waals surface area contributed by atoms with Gasteiger partial charge >= 0.3 is 5.97 Å². The summed E-state index contributed by atoms with van der Waals surface area (Å²) < 4.78 is 6.83. The lowest BCUT2D eigenvalue weighted by atomic mass is 10.2. The zero-order valence-corrected chi connectivity index (χ0v) is 9.33. The molecule has 17 heavy (non-hydrogen) atoms. The lowest BCUT2D eigenvalue weighted by molar-refractivity contribution is -0.137. The molecule has 0 amide bonds. The molecule has 2 rings (SSSR count). The fraction of sp³-hybridized carbons (Fsp3) is 0.167. The Hall–Kier alpha value is -2.30. The van der Waals surface area contributed by atoms with Crippen molar-refractivity contribution in [3.05, 3.63) is 42.2 Å². The van der Waals surface area contributed by atoms with Gasteiger partial charge in [0.05, 0.1) is 12.4 Å². The van der Waals surface area contributed by atoms with Crippen molar-refractivity contribution in [3.8, 4) is 11.5 Å². The van der Waals surface area contributed by atoms with Gasteiger partial charge in [-0.15, -0.1) is 0 Å². The summed E-state index contributed by atoms with van der Waals surface area (Å²) in [6, 6.07) is 7.59. The second-order valence-electron chi connectivity index (χ2n) is 3.68. The standard InChI is InChI=1S/C12H12N2O3/c1-9-2-4-10(5-3-9)17-11-6-13-14(7-11)8-12(15)16/h2-7H,8H2,1H3,(H,15,16). The van der Waals surface area contributed by atoms with Crippen LogP contribution in [0, 0.1) is 6.92 Å². The highest BCUT2D eigenvalue weighted by atomic mass is 16.5. The molecule has 1 N–H and O–H groups in total. The number of hydrogen-bond donors (Lipinski definition) is 1. The lowest BCUT2D eigenvalue weighted by Crippen LogP contribution is -2.08. The summed E-state index contributed by atoms with van der Waals surface area (Å²) in [4.78, 5) is 10.5. The van der Waals surface area contributed by atoms with Crippen LogP contribution in [0.4, 0.5) is 0 Å². The Morgan fingerprint density at radius 2 is 2.06 bits per heavy atom. The van der Waals surface area contributed by atoms with Gasteiger partial charge in [-0.05, 0) is 19.1 Å². The Kier molecular flexibility index (Phi) is 3.09. The molecule has 0 aliphatic carbocycles. The quantitative estimate of drug-likeness (QED) is 0.876. The number of hydrogen-bond acceptors (Lipinski definition) is 3. The predicted molar refractivity (Wildman–Crippen MR) is 61.1 cm³/mol. The SMILES string of the molecule is Cc1ccc(Oc2cnn(CC(=O)O)c2)cc1. The van der Waals surface area contributed by atoms with Crippen LogP contribution in [0.2, 0.25) is 0 Å². The summed E-state index contributed by atoms with van der Waals surface area (Å²) >= 11 is 0. The van der Waals surface area contributed by atoms with Crippen molar-refractivity contribution < 1.29 is 14.6 Å². The third kappa shape index (κ3) is 3.07. The van der Waals surface area contributed by atoms with Gasteiger partial charge in [0, 0.05) is 0 Å². The highest BCUT2D eigenvalue weighted by Crippen LogP contribution is 2.20. The van der Waals surface area contributed by atoms with E-state index < -0.39 is 5.97 Å². The minimum Gasteiger partial charge on any atom is -0.480 e. The normalized spacial score (nSPS) is 10.2. The number of carboxylic acid groups (broad SMARTS) is 1. The first-order valence-electron chi connectivity index (χ1n) is 5.12. The number of carbonyl (C=O) groups is 1. The van der Waals surface area contributed by atoms with Gasteiger partial charge in [-0.1, -0.05) is 17.7 Å². The Morgan fingerprint density at radius 3 is 2.71 bits per heavy atom. The molecule has 88 valence electrons. The molecule has 0 aliphatic rings. The second kappa shape index (κ2) is 4.69. The average molecular weight is 232 g/mol. The van der Waals surface area contributed by atoms with Crippen molar-refractivity contribution in [3.63, 3.8) is 0 Å². The maximum atomic E-state index is 10.5. The molecule has 0 saturated carbocycles. The molecule has 0 unspecified atom stereocenters. The van der Waals surface area contributed by atoms with E-state index in [1.54, 1.807) is 6.20 Å². The maximum Gasteiger partial charge on any atom is 0.325 e. The number of ether oxygens (including phenoxy) is 1. The van der Waals surface area contributed by atoms with Gasteiger partial charge in [0.15, 0.2) is 5.75 Å². The highest BCUT2D eigenvalue weighted by Gasteiger charge is 2.04. The van der Waals surface area contributed by atoms with Crippen LogP contribution in [0.25, 0.3) is 0 Å². The molecule has 5 nitrogen and oxygen atoms in total. The highest BCUT2D eigenvalue weighted by molar-refractivity contribution is 5.66. The molecule has 0 fully saturated rings. The van der Waals surface area contributed by atoms with Crippen molar-refractivity contribution in [1.29, 1.82) is 0 Å². The summed E-state index contributed by atoms with van der Waals surface area (Å²) in [6.07, 6.45) is 3.04. The molecule has 0 spiro atoms. The van der Waals surface area contributed by atoms with Crippen LogP contribution in [-0.4, -0.2) is 20.9 Å². The van der Waals surface area contributed by atoms with E-state index in [1.165, 1.54) is 10.9 Å². The van der Waals surface area contributed by atoms with Crippen LogP contribution < -0.4 is 4.74 Å². The second-order valence-corrected chi connectivity index (χ2v) is 3.68. The van der Waals surface area contributed by atoms with E-state index >= 15 is 0 Å². The van der Waals surface area contributed by atoms with Gasteiger partial charge in [0.1, 0.15) is 12.3 Å². The summed E-state index contributed by atoms with van der Waals surface area (Å²) in [7, 11) is 0. The minimum absolute atomic E-state index is 0.169. The number of aromatic nitrogens is 2. The predicted octanol–water partition coefficient (Wildman–Crippen LogP) is 2.07. The van der Waals surface area contributed by atoms with Crippen LogP contribution in [-0.2, 0) is 11.3 Å². The van der Waals surface area contributed by atoms with E-state index in [9.17, 15) is 4.79 Å². The first kappa shape index (κ1) is 11.2. The van der Waals surface area contributed by atoms with Crippen molar-refractivity contribution in [2.45, 2.75) is 13.5 Å². The minimum atomic E-state index is -0.935. The zero-order chi connectivity index (χ0) is 12.3. The monoisotopic (exact) mass is 232 g/mol. The fourth-order valence-electron chi connectivity index (χ4n) is 1.36. The van der Waals surface area contributed by atoms with Crippen LogP contribution >= 0.6 is 0 Å². The first-order chi connectivity index (χ1) is 8.13. The molecule has 2 aromatic rings. The van der Waals surface area contributed by atoms with Gasteiger partial charge in [0.2, 0.25) is 0 Å². The lowest BCUT2D eigenvalue weighted by Gasteiger charge is -2.02. The molecular weight excluding hydrogens is 220 g/mol. The number of benzene rings is 1. The molecule has 0 bridgehead atoms. The van der Waals surface area contributed by atoms with Crippen LogP contribution in [0.15, 0.2) is 36.7 Å². The molecule has 0 saturated heterocycles. The number of carboxylic acids is 1. The van der Waals surface area contributed by atoms with Gasteiger partial charge in [0.25, 0.3) is 0 Å². The number of nitrogens with zero attached hydrogens (tertiary/aromatic N) is 2. The smallest absolute Gasteiger partial charge is 0.325 e. The van der Waals surface area contributed by atoms with E-state index in [0.29, 0.717) is 11.5 Å². The van der Waals surface area contributed by atoms with Gasteiger partial charge in [-0.2, -0.15) is 5.10 Å². The molecule has 1 aromatic carbocycles. The van der Waals surface area contributed by atoms with E-state index in [4.69, 9.17) is 9.84 Å². The number of aliphatic carboxylic acids is 1. The molecule has 0 aliphatic heterocycles. The molecule has 5 heteroatoms. The fourth-order valence-corrected chi connectivity index (χ4v) is 1.36. The summed E-state index contributed by atoms with van der Waals surface area (Å²) in [5.74, 6) is 0.288. The zero-order valence-electron chi connectivity index (χ0n) is 9.33. The van der Waals surface area contributed by atoms with Gasteiger partial charge < -0.3 is 9.84 Å².